The van der Waals surface area contributed by atoms with Crippen LogP contribution in [0.4, 0.5) is 0 Å². The van der Waals surface area contributed by atoms with Gasteiger partial charge in [-0.05, 0) is 37.1 Å². The molecule has 1 saturated carbocycles. The van der Waals surface area contributed by atoms with Crippen LogP contribution in [0.3, 0.4) is 0 Å². The minimum atomic E-state index is -3.63. The molecule has 0 unspecified atom stereocenters. The van der Waals surface area contributed by atoms with Crippen molar-refractivity contribution >= 4 is 10.0 Å². The topological polar surface area (TPSA) is 69.0 Å². The van der Waals surface area contributed by atoms with Gasteiger partial charge in [0.15, 0.2) is 11.5 Å². The van der Waals surface area contributed by atoms with Gasteiger partial charge in [0.1, 0.15) is 5.76 Å². The van der Waals surface area contributed by atoms with E-state index in [0.717, 1.165) is 12.8 Å². The van der Waals surface area contributed by atoms with Gasteiger partial charge in [0.05, 0.1) is 31.9 Å². The van der Waals surface area contributed by atoms with E-state index in [-0.39, 0.29) is 17.5 Å². The number of furan rings is 1. The summed E-state index contributed by atoms with van der Waals surface area (Å²) in [7, 11) is -0.638. The van der Waals surface area contributed by atoms with E-state index in [1.54, 1.807) is 24.5 Å². The normalized spacial score (nSPS) is 14.9. The van der Waals surface area contributed by atoms with Crippen LogP contribution in [0.2, 0.25) is 0 Å². The second kappa shape index (κ2) is 6.25. The number of hydrogen-bond acceptors (Lipinski definition) is 5. The molecule has 0 aliphatic heterocycles. The third-order valence-electron chi connectivity index (χ3n) is 3.81. The molecule has 0 spiro atoms. The van der Waals surface area contributed by atoms with E-state index in [2.05, 4.69) is 0 Å². The third-order valence-corrected chi connectivity index (χ3v) is 5.70. The fraction of sp³-hybridized carbons (Fsp3) is 0.375. The van der Waals surface area contributed by atoms with Gasteiger partial charge in [0.25, 0.3) is 0 Å². The van der Waals surface area contributed by atoms with Crippen LogP contribution in [0, 0.1) is 0 Å². The van der Waals surface area contributed by atoms with Gasteiger partial charge in [0.2, 0.25) is 10.0 Å². The highest BCUT2D eigenvalue weighted by Crippen LogP contribution is 2.36. The number of ether oxygens (including phenoxy) is 2. The summed E-state index contributed by atoms with van der Waals surface area (Å²) in [4.78, 5) is 0.189. The van der Waals surface area contributed by atoms with Crippen LogP contribution in [0.15, 0.2) is 45.9 Å². The zero-order valence-electron chi connectivity index (χ0n) is 13.1. The highest BCUT2D eigenvalue weighted by atomic mass is 32.2. The summed E-state index contributed by atoms with van der Waals surface area (Å²) < 4.78 is 43.2. The van der Waals surface area contributed by atoms with Crippen molar-refractivity contribution in [3.05, 3.63) is 42.4 Å². The number of sulfonamides is 1. The molecule has 0 radical (unpaired) electrons. The second-order valence-corrected chi connectivity index (χ2v) is 7.27. The fourth-order valence-corrected chi connectivity index (χ4v) is 4.11. The number of nitrogens with zero attached hydrogens (tertiary/aromatic N) is 1. The first-order valence-electron chi connectivity index (χ1n) is 7.32. The summed E-state index contributed by atoms with van der Waals surface area (Å²) in [6.07, 6.45) is 3.28. The molecule has 6 nitrogen and oxygen atoms in total. The van der Waals surface area contributed by atoms with Crippen LogP contribution in [0.25, 0.3) is 0 Å². The van der Waals surface area contributed by atoms with E-state index in [4.69, 9.17) is 13.9 Å². The summed E-state index contributed by atoms with van der Waals surface area (Å²) in [5.41, 5.74) is 0. The molecule has 3 rings (SSSR count). The summed E-state index contributed by atoms with van der Waals surface area (Å²) in [5, 5.41) is 0. The zero-order valence-corrected chi connectivity index (χ0v) is 13.9. The Morgan fingerprint density at radius 1 is 1.17 bits per heavy atom. The molecule has 23 heavy (non-hydrogen) atoms. The van der Waals surface area contributed by atoms with Crippen LogP contribution >= 0.6 is 0 Å². The van der Waals surface area contributed by atoms with Gasteiger partial charge in [-0.1, -0.05) is 0 Å². The van der Waals surface area contributed by atoms with Gasteiger partial charge >= 0.3 is 0 Å². The second-order valence-electron chi connectivity index (χ2n) is 5.38. The SMILES string of the molecule is COc1ccc(S(=O)(=O)N(Cc2ccco2)C2CC2)cc1OC. The molecule has 1 aromatic carbocycles. The fourth-order valence-electron chi connectivity index (χ4n) is 2.44. The van der Waals surface area contributed by atoms with Gasteiger partial charge in [-0.15, -0.1) is 0 Å². The van der Waals surface area contributed by atoms with E-state index in [9.17, 15) is 8.42 Å². The lowest BCUT2D eigenvalue weighted by Gasteiger charge is -2.21. The largest absolute Gasteiger partial charge is 0.493 e. The van der Waals surface area contributed by atoms with E-state index >= 15 is 0 Å². The molecule has 1 fully saturated rings. The van der Waals surface area contributed by atoms with E-state index in [0.29, 0.717) is 17.3 Å². The van der Waals surface area contributed by atoms with Crippen molar-refractivity contribution in [1.82, 2.24) is 4.31 Å². The standard InChI is InChI=1S/C16H19NO5S/c1-20-15-8-7-14(10-16(15)21-2)23(18,19)17(12-5-6-12)11-13-4-3-9-22-13/h3-4,7-10,12H,5-6,11H2,1-2H3. The monoisotopic (exact) mass is 337 g/mol. The van der Waals surface area contributed by atoms with Gasteiger partial charge in [-0.25, -0.2) is 8.42 Å². The Balaban J connectivity index is 1.95. The molecule has 2 aromatic rings. The van der Waals surface area contributed by atoms with Crippen molar-refractivity contribution in [3.63, 3.8) is 0 Å². The van der Waals surface area contributed by atoms with Crippen LogP contribution in [-0.4, -0.2) is 33.0 Å². The third kappa shape index (κ3) is 3.20. The Labute approximate surface area is 135 Å². The van der Waals surface area contributed by atoms with E-state index in [1.165, 1.54) is 30.7 Å². The first-order chi connectivity index (χ1) is 11.1. The Morgan fingerprint density at radius 2 is 1.91 bits per heavy atom. The highest BCUT2D eigenvalue weighted by Gasteiger charge is 2.38. The molecule has 0 atom stereocenters. The van der Waals surface area contributed by atoms with Gasteiger partial charge in [0, 0.05) is 12.1 Å². The van der Waals surface area contributed by atoms with Crippen LogP contribution in [-0.2, 0) is 16.6 Å². The molecule has 124 valence electrons. The van der Waals surface area contributed by atoms with Gasteiger partial charge < -0.3 is 13.9 Å². The Kier molecular flexibility index (Phi) is 4.32. The summed E-state index contributed by atoms with van der Waals surface area (Å²) in [6, 6.07) is 8.19. The molecule has 0 bridgehead atoms. The summed E-state index contributed by atoms with van der Waals surface area (Å²) >= 11 is 0. The Hall–Kier alpha value is -1.99. The van der Waals surface area contributed by atoms with Crippen molar-refractivity contribution in [1.29, 1.82) is 0 Å². The lowest BCUT2D eigenvalue weighted by atomic mass is 10.3. The average Bonchev–Trinajstić information content (AvgIpc) is 3.27. The maximum atomic E-state index is 13.0. The number of benzene rings is 1. The van der Waals surface area contributed by atoms with E-state index < -0.39 is 10.0 Å². The molecule has 7 heteroatoms. The maximum absolute atomic E-state index is 13.0. The minimum Gasteiger partial charge on any atom is -0.493 e. The Morgan fingerprint density at radius 3 is 2.48 bits per heavy atom. The first kappa shape index (κ1) is 15.9. The molecule has 1 aliphatic carbocycles. The first-order valence-corrected chi connectivity index (χ1v) is 8.76. The predicted molar refractivity (Wildman–Crippen MR) is 84.0 cm³/mol. The van der Waals surface area contributed by atoms with Crippen LogP contribution in [0.5, 0.6) is 11.5 Å². The number of hydrogen-bond donors (Lipinski definition) is 0. The van der Waals surface area contributed by atoms with Gasteiger partial charge in [-0.2, -0.15) is 4.31 Å². The van der Waals surface area contributed by atoms with Crippen LogP contribution < -0.4 is 9.47 Å². The van der Waals surface area contributed by atoms with Crippen molar-refractivity contribution in [2.75, 3.05) is 14.2 Å². The van der Waals surface area contributed by atoms with Gasteiger partial charge in [-0.3, -0.25) is 0 Å². The maximum Gasteiger partial charge on any atom is 0.243 e. The van der Waals surface area contributed by atoms with Crippen molar-refractivity contribution in [2.24, 2.45) is 0 Å². The van der Waals surface area contributed by atoms with Crippen LogP contribution in [0.1, 0.15) is 18.6 Å². The molecule has 1 heterocycles. The molecule has 1 aliphatic rings. The molecular weight excluding hydrogens is 318 g/mol. The highest BCUT2D eigenvalue weighted by molar-refractivity contribution is 7.89. The minimum absolute atomic E-state index is 0.0261. The zero-order chi connectivity index (χ0) is 16.4. The van der Waals surface area contributed by atoms with Crippen molar-refractivity contribution in [3.8, 4) is 11.5 Å². The molecule has 1 aromatic heterocycles. The molecule has 0 amide bonds. The van der Waals surface area contributed by atoms with Crippen molar-refractivity contribution in [2.45, 2.75) is 30.3 Å². The lowest BCUT2D eigenvalue weighted by molar-refractivity contribution is 0.349. The van der Waals surface area contributed by atoms with Crippen molar-refractivity contribution < 1.29 is 22.3 Å². The number of rotatable bonds is 7. The average molecular weight is 337 g/mol. The number of methoxy groups -OCH3 is 2. The summed E-state index contributed by atoms with van der Waals surface area (Å²) in [6.45, 7) is 0.231. The molecular formula is C16H19NO5S. The smallest absolute Gasteiger partial charge is 0.243 e. The molecule has 0 N–H and O–H groups in total. The summed E-state index contributed by atoms with van der Waals surface area (Å²) in [5.74, 6) is 1.51. The van der Waals surface area contributed by atoms with E-state index in [1.807, 2.05) is 0 Å². The quantitative estimate of drug-likeness (QED) is 0.777. The lowest BCUT2D eigenvalue weighted by Crippen LogP contribution is -2.32. The Bertz CT molecular complexity index is 766. The predicted octanol–water partition coefficient (Wildman–Crippen LogP) is 2.65. The molecule has 0 saturated heterocycles.